The first-order chi connectivity index (χ1) is 21.6. The molecule has 1 aliphatic rings. The van der Waals surface area contributed by atoms with E-state index in [0.717, 1.165) is 27.8 Å². The van der Waals surface area contributed by atoms with Gasteiger partial charge in [0.2, 0.25) is 5.91 Å². The zero-order chi connectivity index (χ0) is 32.2. The zero-order valence-electron chi connectivity index (χ0n) is 26.0. The van der Waals surface area contributed by atoms with Gasteiger partial charge in [0.15, 0.2) is 0 Å². The first kappa shape index (κ1) is 33.0. The lowest BCUT2D eigenvalue weighted by molar-refractivity contribution is -0.149. The Kier molecular flexibility index (Phi) is 11.6. The molecule has 0 aromatic heterocycles. The molecule has 0 aliphatic heterocycles. The molecule has 0 radical (unpaired) electrons. The normalized spacial score (nSPS) is 12.7. The molecular formula is C35H41N3O7. The molecule has 1 atom stereocenters. The van der Waals surface area contributed by atoms with Gasteiger partial charge in [0.1, 0.15) is 31.4 Å². The Hall–Kier alpha value is -4.86. The molecule has 0 unspecified atom stereocenters. The van der Waals surface area contributed by atoms with Crippen molar-refractivity contribution in [3.8, 4) is 11.1 Å². The van der Waals surface area contributed by atoms with Crippen molar-refractivity contribution in [3.63, 3.8) is 0 Å². The first-order valence-electron chi connectivity index (χ1n) is 15.2. The number of rotatable bonds is 13. The van der Waals surface area contributed by atoms with Crippen LogP contribution in [0, 0.1) is 0 Å². The lowest BCUT2D eigenvalue weighted by Crippen LogP contribution is -2.46. The molecule has 0 saturated carbocycles. The van der Waals surface area contributed by atoms with Crippen LogP contribution in [0.1, 0.15) is 62.6 Å². The fraction of sp³-hybridized carbons (Fsp3) is 0.371. The van der Waals surface area contributed by atoms with Crippen LogP contribution >= 0.6 is 0 Å². The average Bonchev–Trinajstić information content (AvgIpc) is 3.34. The third-order valence-corrected chi connectivity index (χ3v) is 7.17. The molecule has 1 aliphatic carbocycles. The summed E-state index contributed by atoms with van der Waals surface area (Å²) in [6, 6.07) is 24.3. The van der Waals surface area contributed by atoms with Crippen molar-refractivity contribution >= 4 is 24.1 Å². The molecule has 0 heterocycles. The summed E-state index contributed by atoms with van der Waals surface area (Å²) in [6.07, 6.45) is 0.0917. The molecule has 3 aromatic carbocycles. The Balaban J connectivity index is 1.25. The lowest BCUT2D eigenvalue weighted by Gasteiger charge is -2.20. The van der Waals surface area contributed by atoms with Gasteiger partial charge in [-0.1, -0.05) is 78.9 Å². The van der Waals surface area contributed by atoms with Gasteiger partial charge in [0.05, 0.1) is 0 Å². The third-order valence-electron chi connectivity index (χ3n) is 7.17. The van der Waals surface area contributed by atoms with Crippen molar-refractivity contribution in [2.24, 2.45) is 0 Å². The second-order valence-electron chi connectivity index (χ2n) is 11.8. The molecule has 3 amide bonds. The van der Waals surface area contributed by atoms with Crippen molar-refractivity contribution in [2.75, 3.05) is 19.7 Å². The average molecular weight is 616 g/mol. The summed E-state index contributed by atoms with van der Waals surface area (Å²) in [6.45, 7) is 5.49. The van der Waals surface area contributed by atoms with Gasteiger partial charge in [-0.3, -0.25) is 4.79 Å². The topological polar surface area (TPSA) is 132 Å². The Morgan fingerprint density at radius 3 is 2.02 bits per heavy atom. The quantitative estimate of drug-likeness (QED) is 0.132. The van der Waals surface area contributed by atoms with Gasteiger partial charge in [0, 0.05) is 12.5 Å². The van der Waals surface area contributed by atoms with Gasteiger partial charge in [-0.15, -0.1) is 0 Å². The SMILES string of the molecule is CC(C)(C)OC(=O)NCCCC[C@H](NC(=O)CNC(=O)OCC1c2ccccc2-c2ccccc21)C(=O)OCc1ccccc1. The van der Waals surface area contributed by atoms with Gasteiger partial charge >= 0.3 is 18.2 Å². The van der Waals surface area contributed by atoms with Crippen molar-refractivity contribution in [1.82, 2.24) is 16.0 Å². The Bertz CT molecular complexity index is 1420. The number of benzene rings is 3. The standard InChI is InChI=1S/C35H41N3O7/c1-35(2,3)45-34(42)36-20-12-11-19-30(32(40)43-22-24-13-5-4-6-14-24)38-31(39)21-37-33(41)44-23-29-27-17-9-7-15-25(27)26-16-8-10-18-28(26)29/h4-10,13-18,29-30H,11-12,19-23H2,1-3H3,(H,36,42)(H,37,41)(H,38,39)/t30-/m0/s1. The molecule has 10 heteroatoms. The number of alkyl carbamates (subject to hydrolysis) is 2. The van der Waals surface area contributed by atoms with E-state index in [1.165, 1.54) is 0 Å². The molecule has 10 nitrogen and oxygen atoms in total. The maximum Gasteiger partial charge on any atom is 0.407 e. The predicted molar refractivity (Wildman–Crippen MR) is 169 cm³/mol. The second kappa shape index (κ2) is 15.7. The number of carbonyl (C=O) groups is 4. The summed E-state index contributed by atoms with van der Waals surface area (Å²) < 4.78 is 16.2. The monoisotopic (exact) mass is 615 g/mol. The largest absolute Gasteiger partial charge is 0.459 e. The maximum atomic E-state index is 12.9. The molecule has 3 N–H and O–H groups in total. The Morgan fingerprint density at radius 2 is 1.38 bits per heavy atom. The number of carbonyl (C=O) groups excluding carboxylic acids is 4. The van der Waals surface area contributed by atoms with Crippen LogP contribution in [0.15, 0.2) is 78.9 Å². The fourth-order valence-electron chi connectivity index (χ4n) is 5.10. The van der Waals surface area contributed by atoms with Crippen molar-refractivity contribution in [2.45, 2.75) is 64.2 Å². The van der Waals surface area contributed by atoms with Crippen LogP contribution in [0.4, 0.5) is 9.59 Å². The Morgan fingerprint density at radius 1 is 0.756 bits per heavy atom. The van der Waals surface area contributed by atoms with E-state index in [4.69, 9.17) is 14.2 Å². The number of nitrogens with one attached hydrogen (secondary N) is 3. The molecule has 45 heavy (non-hydrogen) atoms. The minimum absolute atomic E-state index is 0.0598. The summed E-state index contributed by atoms with van der Waals surface area (Å²) in [5.74, 6) is -1.25. The van der Waals surface area contributed by atoms with Crippen LogP contribution in [0.2, 0.25) is 0 Å². The van der Waals surface area contributed by atoms with Gasteiger partial charge < -0.3 is 30.2 Å². The fourth-order valence-corrected chi connectivity index (χ4v) is 5.10. The van der Waals surface area contributed by atoms with E-state index in [9.17, 15) is 19.2 Å². The molecule has 238 valence electrons. The van der Waals surface area contributed by atoms with Crippen LogP contribution in [0.3, 0.4) is 0 Å². The smallest absolute Gasteiger partial charge is 0.407 e. The van der Waals surface area contributed by atoms with Gasteiger partial charge in [-0.05, 0) is 67.9 Å². The van der Waals surface area contributed by atoms with Crippen LogP contribution in [-0.4, -0.2) is 55.4 Å². The lowest BCUT2D eigenvalue weighted by atomic mass is 9.98. The minimum atomic E-state index is -0.938. The molecule has 3 aromatic rings. The minimum Gasteiger partial charge on any atom is -0.459 e. The van der Waals surface area contributed by atoms with Crippen molar-refractivity contribution in [1.29, 1.82) is 0 Å². The number of hydrogen-bond donors (Lipinski definition) is 3. The number of hydrogen-bond acceptors (Lipinski definition) is 7. The van der Waals surface area contributed by atoms with Crippen molar-refractivity contribution in [3.05, 3.63) is 95.6 Å². The number of ether oxygens (including phenoxy) is 3. The van der Waals surface area contributed by atoms with Crippen LogP contribution in [0.5, 0.6) is 0 Å². The summed E-state index contributed by atoms with van der Waals surface area (Å²) in [7, 11) is 0. The first-order valence-corrected chi connectivity index (χ1v) is 15.2. The van der Waals surface area contributed by atoms with E-state index in [0.29, 0.717) is 19.4 Å². The summed E-state index contributed by atoms with van der Waals surface area (Å²) in [5, 5.41) is 7.82. The third kappa shape index (κ3) is 10.1. The number of amides is 3. The highest BCUT2D eigenvalue weighted by molar-refractivity contribution is 5.87. The van der Waals surface area contributed by atoms with E-state index < -0.39 is 35.7 Å². The Labute approximate surface area is 263 Å². The van der Waals surface area contributed by atoms with E-state index in [-0.39, 0.29) is 32.1 Å². The molecule has 0 saturated heterocycles. The summed E-state index contributed by atoms with van der Waals surface area (Å²) in [4.78, 5) is 50.1. The summed E-state index contributed by atoms with van der Waals surface area (Å²) >= 11 is 0. The van der Waals surface area contributed by atoms with Gasteiger partial charge in [0.25, 0.3) is 0 Å². The van der Waals surface area contributed by atoms with Gasteiger partial charge in [-0.25, -0.2) is 14.4 Å². The summed E-state index contributed by atoms with van der Waals surface area (Å²) in [5.41, 5.74) is 4.62. The maximum absolute atomic E-state index is 12.9. The van der Waals surface area contributed by atoms with Gasteiger partial charge in [-0.2, -0.15) is 0 Å². The van der Waals surface area contributed by atoms with E-state index in [1.54, 1.807) is 20.8 Å². The predicted octanol–water partition coefficient (Wildman–Crippen LogP) is 5.45. The van der Waals surface area contributed by atoms with Crippen molar-refractivity contribution < 1.29 is 33.4 Å². The van der Waals surface area contributed by atoms with Crippen LogP contribution in [0.25, 0.3) is 11.1 Å². The molecular weight excluding hydrogens is 574 g/mol. The van der Waals surface area contributed by atoms with E-state index >= 15 is 0 Å². The second-order valence-corrected chi connectivity index (χ2v) is 11.8. The van der Waals surface area contributed by atoms with Crippen LogP contribution < -0.4 is 16.0 Å². The number of unbranched alkanes of at least 4 members (excludes halogenated alkanes) is 1. The zero-order valence-corrected chi connectivity index (χ0v) is 26.0. The highest BCUT2D eigenvalue weighted by atomic mass is 16.6. The number of fused-ring (bicyclic) bond motifs is 3. The highest BCUT2D eigenvalue weighted by Gasteiger charge is 2.29. The molecule has 0 spiro atoms. The van der Waals surface area contributed by atoms with Crippen LogP contribution in [-0.2, 0) is 30.4 Å². The molecule has 0 bridgehead atoms. The highest BCUT2D eigenvalue weighted by Crippen LogP contribution is 2.44. The molecule has 0 fully saturated rings. The number of esters is 1. The van der Waals surface area contributed by atoms with E-state index in [1.807, 2.05) is 66.7 Å². The van der Waals surface area contributed by atoms with E-state index in [2.05, 4.69) is 28.1 Å². The molecule has 4 rings (SSSR count).